The van der Waals surface area contributed by atoms with E-state index in [1.165, 1.54) is 0 Å². The smallest absolute Gasteiger partial charge is 0.227 e. The van der Waals surface area contributed by atoms with Gasteiger partial charge >= 0.3 is 0 Å². The molecule has 4 nitrogen and oxygen atoms in total. The van der Waals surface area contributed by atoms with Crippen LogP contribution < -0.4 is 10.6 Å². The van der Waals surface area contributed by atoms with Gasteiger partial charge in [-0.05, 0) is 19.9 Å². The second-order valence-corrected chi connectivity index (χ2v) is 5.19. The van der Waals surface area contributed by atoms with Crippen LogP contribution in [0.4, 0.5) is 0 Å². The van der Waals surface area contributed by atoms with Gasteiger partial charge in [-0.25, -0.2) is 4.98 Å². The van der Waals surface area contributed by atoms with E-state index in [4.69, 9.17) is 0 Å². The summed E-state index contributed by atoms with van der Waals surface area (Å²) in [6.07, 6.45) is 1.74. The van der Waals surface area contributed by atoms with Crippen LogP contribution in [0.15, 0.2) is 10.9 Å². The fourth-order valence-corrected chi connectivity index (χ4v) is 2.48. The SMILES string of the molecule is CC1(C(=O)NCCc2cscn2)CCNC1.Cl.Cl. The minimum absolute atomic E-state index is 0. The van der Waals surface area contributed by atoms with Crippen LogP contribution in [-0.2, 0) is 11.2 Å². The normalized spacial score (nSPS) is 21.8. The number of nitrogens with one attached hydrogen (secondary N) is 2. The van der Waals surface area contributed by atoms with Crippen molar-refractivity contribution in [3.05, 3.63) is 16.6 Å². The molecule has 2 N–H and O–H groups in total. The highest BCUT2D eigenvalue weighted by atomic mass is 35.5. The van der Waals surface area contributed by atoms with Crippen LogP contribution in [0.1, 0.15) is 19.0 Å². The molecule has 2 heterocycles. The van der Waals surface area contributed by atoms with Gasteiger partial charge in [-0.1, -0.05) is 0 Å². The van der Waals surface area contributed by atoms with Crippen molar-refractivity contribution in [1.29, 1.82) is 0 Å². The molecule has 1 aliphatic heterocycles. The topological polar surface area (TPSA) is 54.0 Å². The Labute approximate surface area is 124 Å². The molecular weight excluding hydrogens is 293 g/mol. The number of nitrogens with zero attached hydrogens (tertiary/aromatic N) is 1. The van der Waals surface area contributed by atoms with Crippen LogP contribution in [0.5, 0.6) is 0 Å². The third-order valence-electron chi connectivity index (χ3n) is 3.07. The van der Waals surface area contributed by atoms with Gasteiger partial charge in [0.25, 0.3) is 0 Å². The summed E-state index contributed by atoms with van der Waals surface area (Å²) < 4.78 is 0. The monoisotopic (exact) mass is 311 g/mol. The van der Waals surface area contributed by atoms with Crippen molar-refractivity contribution in [1.82, 2.24) is 15.6 Å². The molecular formula is C11H19Cl2N3OS. The molecule has 0 aliphatic carbocycles. The molecule has 1 unspecified atom stereocenters. The van der Waals surface area contributed by atoms with E-state index in [1.807, 2.05) is 17.8 Å². The van der Waals surface area contributed by atoms with Crippen LogP contribution in [0.3, 0.4) is 0 Å². The van der Waals surface area contributed by atoms with Crippen molar-refractivity contribution in [2.45, 2.75) is 19.8 Å². The number of carbonyl (C=O) groups excluding carboxylic acids is 1. The summed E-state index contributed by atoms with van der Waals surface area (Å²) in [6.45, 7) is 4.43. The number of halogens is 2. The molecule has 1 amide bonds. The van der Waals surface area contributed by atoms with Gasteiger partial charge in [-0.15, -0.1) is 36.2 Å². The van der Waals surface area contributed by atoms with Crippen molar-refractivity contribution in [3.63, 3.8) is 0 Å². The molecule has 1 saturated heterocycles. The molecule has 0 saturated carbocycles. The summed E-state index contributed by atoms with van der Waals surface area (Å²) in [5, 5.41) is 8.23. The summed E-state index contributed by atoms with van der Waals surface area (Å²) >= 11 is 1.59. The maximum absolute atomic E-state index is 11.9. The predicted molar refractivity (Wildman–Crippen MR) is 78.9 cm³/mol. The molecule has 7 heteroatoms. The van der Waals surface area contributed by atoms with E-state index in [-0.39, 0.29) is 36.1 Å². The average Bonchev–Trinajstić information content (AvgIpc) is 2.90. The Balaban J connectivity index is 0.00000144. The molecule has 1 aromatic rings. The lowest BCUT2D eigenvalue weighted by molar-refractivity contribution is -0.129. The number of carbonyl (C=O) groups is 1. The number of aromatic nitrogens is 1. The third-order valence-corrected chi connectivity index (χ3v) is 3.70. The van der Waals surface area contributed by atoms with Gasteiger partial charge in [-0.3, -0.25) is 4.79 Å². The Morgan fingerprint density at radius 2 is 2.39 bits per heavy atom. The fourth-order valence-electron chi connectivity index (χ4n) is 1.89. The average molecular weight is 312 g/mol. The molecule has 0 spiro atoms. The number of thiazole rings is 1. The summed E-state index contributed by atoms with van der Waals surface area (Å²) in [7, 11) is 0. The van der Waals surface area contributed by atoms with Crippen molar-refractivity contribution >= 4 is 42.1 Å². The second-order valence-electron chi connectivity index (χ2n) is 4.47. The molecule has 0 aromatic carbocycles. The van der Waals surface area contributed by atoms with Gasteiger partial charge in [0, 0.05) is 24.9 Å². The number of rotatable bonds is 4. The minimum Gasteiger partial charge on any atom is -0.355 e. The van der Waals surface area contributed by atoms with E-state index in [0.29, 0.717) is 6.54 Å². The van der Waals surface area contributed by atoms with Crippen molar-refractivity contribution in [3.8, 4) is 0 Å². The molecule has 104 valence electrons. The van der Waals surface area contributed by atoms with Crippen molar-refractivity contribution < 1.29 is 4.79 Å². The van der Waals surface area contributed by atoms with Gasteiger partial charge in [-0.2, -0.15) is 0 Å². The zero-order valence-corrected chi connectivity index (χ0v) is 12.7. The van der Waals surface area contributed by atoms with E-state index in [9.17, 15) is 4.79 Å². The van der Waals surface area contributed by atoms with Crippen molar-refractivity contribution in [2.24, 2.45) is 5.41 Å². The molecule has 1 aromatic heterocycles. The highest BCUT2D eigenvalue weighted by Crippen LogP contribution is 2.24. The molecule has 1 atom stereocenters. The largest absolute Gasteiger partial charge is 0.355 e. The zero-order chi connectivity index (χ0) is 11.4. The van der Waals surface area contributed by atoms with Crippen LogP contribution in [0.25, 0.3) is 0 Å². The summed E-state index contributed by atoms with van der Waals surface area (Å²) in [6, 6.07) is 0. The molecule has 1 aliphatic rings. The Morgan fingerprint density at radius 3 is 2.94 bits per heavy atom. The summed E-state index contributed by atoms with van der Waals surface area (Å²) in [5.41, 5.74) is 2.65. The lowest BCUT2D eigenvalue weighted by Crippen LogP contribution is -2.41. The molecule has 0 radical (unpaired) electrons. The van der Waals surface area contributed by atoms with Crippen LogP contribution in [0.2, 0.25) is 0 Å². The number of hydrogen-bond acceptors (Lipinski definition) is 4. The first-order valence-electron chi connectivity index (χ1n) is 5.57. The quantitative estimate of drug-likeness (QED) is 0.889. The minimum atomic E-state index is -0.220. The molecule has 18 heavy (non-hydrogen) atoms. The van der Waals surface area contributed by atoms with Crippen LogP contribution in [-0.4, -0.2) is 30.5 Å². The highest BCUT2D eigenvalue weighted by molar-refractivity contribution is 7.07. The van der Waals surface area contributed by atoms with Gasteiger partial charge in [0.05, 0.1) is 16.6 Å². The zero-order valence-electron chi connectivity index (χ0n) is 10.3. The highest BCUT2D eigenvalue weighted by Gasteiger charge is 2.35. The predicted octanol–water partition coefficient (Wildman–Crippen LogP) is 1.64. The van der Waals surface area contributed by atoms with E-state index in [0.717, 1.165) is 31.6 Å². The first-order chi connectivity index (χ1) is 7.71. The maximum atomic E-state index is 11.9. The van der Waals surface area contributed by atoms with E-state index in [2.05, 4.69) is 15.6 Å². The second kappa shape index (κ2) is 7.94. The van der Waals surface area contributed by atoms with Gasteiger partial charge in [0.2, 0.25) is 5.91 Å². The van der Waals surface area contributed by atoms with E-state index >= 15 is 0 Å². The Hall–Kier alpha value is -0.360. The fraction of sp³-hybridized carbons (Fsp3) is 0.636. The standard InChI is InChI=1S/C11H17N3OS.2ClH/c1-11(3-5-12-7-11)10(15)13-4-2-9-6-16-8-14-9;;/h6,8,12H,2-5,7H2,1H3,(H,13,15);2*1H. The van der Waals surface area contributed by atoms with Crippen molar-refractivity contribution in [2.75, 3.05) is 19.6 Å². The summed E-state index contributed by atoms with van der Waals surface area (Å²) in [4.78, 5) is 16.1. The van der Waals surface area contributed by atoms with E-state index in [1.54, 1.807) is 11.3 Å². The van der Waals surface area contributed by atoms with Crippen LogP contribution in [0, 0.1) is 5.41 Å². The molecule has 0 bridgehead atoms. The Bertz CT molecular complexity index is 353. The maximum Gasteiger partial charge on any atom is 0.227 e. The Morgan fingerprint density at radius 1 is 1.61 bits per heavy atom. The third kappa shape index (κ3) is 4.39. The van der Waals surface area contributed by atoms with E-state index < -0.39 is 0 Å². The van der Waals surface area contributed by atoms with Crippen LogP contribution >= 0.6 is 36.2 Å². The first kappa shape index (κ1) is 17.6. The lowest BCUT2D eigenvalue weighted by Gasteiger charge is -2.21. The summed E-state index contributed by atoms with van der Waals surface area (Å²) in [5.74, 6) is 0.160. The molecule has 2 rings (SSSR count). The first-order valence-corrected chi connectivity index (χ1v) is 6.51. The van der Waals surface area contributed by atoms with Gasteiger partial charge in [0.1, 0.15) is 0 Å². The number of hydrogen-bond donors (Lipinski definition) is 2. The van der Waals surface area contributed by atoms with Gasteiger partial charge < -0.3 is 10.6 Å². The molecule has 1 fully saturated rings. The lowest BCUT2D eigenvalue weighted by atomic mass is 9.89. The Kier molecular flexibility index (Phi) is 7.78. The van der Waals surface area contributed by atoms with Gasteiger partial charge in [0.15, 0.2) is 0 Å². The number of amides is 1.